The summed E-state index contributed by atoms with van der Waals surface area (Å²) in [6.45, 7) is 0.846. The summed E-state index contributed by atoms with van der Waals surface area (Å²) in [5.41, 5.74) is -2.74. The van der Waals surface area contributed by atoms with E-state index in [1.165, 1.54) is 0 Å². The van der Waals surface area contributed by atoms with E-state index in [0.717, 1.165) is 6.92 Å². The van der Waals surface area contributed by atoms with Crippen molar-refractivity contribution in [2.24, 2.45) is 11.8 Å². The van der Waals surface area contributed by atoms with Gasteiger partial charge >= 0.3 is 23.9 Å². The summed E-state index contributed by atoms with van der Waals surface area (Å²) >= 11 is 0. The predicted octanol–water partition coefficient (Wildman–Crippen LogP) is 2.00. The normalized spacial score (nSPS) is 47.5. The van der Waals surface area contributed by atoms with Crippen LogP contribution in [0.15, 0.2) is 0 Å². The number of fused-ring (bicyclic) bond motifs is 5. The average molecular weight is 316 g/mol. The van der Waals surface area contributed by atoms with Crippen LogP contribution in [0, 0.1) is 11.8 Å². The quantitative estimate of drug-likeness (QED) is 0.594. The van der Waals surface area contributed by atoms with Crippen molar-refractivity contribution < 1.29 is 41.3 Å². The lowest BCUT2D eigenvalue weighted by Crippen LogP contribution is -2.66. The minimum atomic E-state index is -5.70. The standard InChI is InChI=1S/C12H13F5O4/c1-5(18)20-9-7-3-2-6(4-7)8(9)21-11(19,10(9,13)14)12(15,16)17/h6-8,19H,2-4H2,1H3. The number of rotatable bonds is 1. The molecule has 1 saturated heterocycles. The number of hydrogen-bond donors (Lipinski definition) is 1. The fourth-order valence-corrected chi connectivity index (χ4v) is 4.09. The summed E-state index contributed by atoms with van der Waals surface area (Å²) in [5.74, 6) is -12.1. The van der Waals surface area contributed by atoms with Crippen molar-refractivity contribution in [2.45, 2.75) is 55.8 Å². The second-order valence-corrected chi connectivity index (χ2v) is 5.91. The molecule has 0 aromatic rings. The highest BCUT2D eigenvalue weighted by atomic mass is 19.4. The third kappa shape index (κ3) is 1.48. The Kier molecular flexibility index (Phi) is 2.75. The van der Waals surface area contributed by atoms with E-state index in [1.54, 1.807) is 0 Å². The van der Waals surface area contributed by atoms with Gasteiger partial charge in [0.15, 0.2) is 0 Å². The SMILES string of the molecule is CC(=O)OC12C3CCC(C3)C1OC(O)(C(F)(F)F)C2(F)F. The minimum Gasteiger partial charge on any atom is -0.449 e. The molecule has 0 spiro atoms. The Hall–Kier alpha value is -0.960. The molecule has 21 heavy (non-hydrogen) atoms. The zero-order valence-electron chi connectivity index (χ0n) is 10.9. The second-order valence-electron chi connectivity index (χ2n) is 5.91. The summed E-state index contributed by atoms with van der Waals surface area (Å²) in [6, 6.07) is 0. The van der Waals surface area contributed by atoms with Crippen LogP contribution in [0.4, 0.5) is 22.0 Å². The van der Waals surface area contributed by atoms with Crippen LogP contribution in [0.1, 0.15) is 26.2 Å². The lowest BCUT2D eigenvalue weighted by molar-refractivity contribution is -0.415. The number of carbonyl (C=O) groups is 1. The summed E-state index contributed by atoms with van der Waals surface area (Å²) in [7, 11) is 0. The minimum absolute atomic E-state index is 0.196. The highest BCUT2D eigenvalue weighted by Crippen LogP contribution is 2.68. The van der Waals surface area contributed by atoms with Crippen LogP contribution in [0.3, 0.4) is 0 Å². The van der Waals surface area contributed by atoms with Crippen LogP contribution in [0.2, 0.25) is 0 Å². The molecule has 0 amide bonds. The Bertz CT molecular complexity index is 493. The van der Waals surface area contributed by atoms with Crippen molar-refractivity contribution in [3.8, 4) is 0 Å². The lowest BCUT2D eigenvalue weighted by Gasteiger charge is -2.41. The van der Waals surface area contributed by atoms with E-state index in [4.69, 9.17) is 0 Å². The molecule has 3 fully saturated rings. The largest absolute Gasteiger partial charge is 0.449 e. The topological polar surface area (TPSA) is 55.8 Å². The molecule has 2 bridgehead atoms. The Morgan fingerprint density at radius 3 is 2.48 bits per heavy atom. The maximum atomic E-state index is 14.5. The summed E-state index contributed by atoms with van der Waals surface area (Å²) in [5, 5.41) is 9.51. The molecule has 0 aromatic carbocycles. The van der Waals surface area contributed by atoms with Gasteiger partial charge in [-0.3, -0.25) is 4.79 Å². The fourth-order valence-electron chi connectivity index (χ4n) is 4.09. The van der Waals surface area contributed by atoms with Gasteiger partial charge in [0.2, 0.25) is 5.60 Å². The molecule has 0 radical (unpaired) electrons. The maximum Gasteiger partial charge on any atom is 0.449 e. The van der Waals surface area contributed by atoms with E-state index >= 15 is 0 Å². The van der Waals surface area contributed by atoms with Gasteiger partial charge in [-0.25, -0.2) is 0 Å². The molecule has 5 unspecified atom stereocenters. The van der Waals surface area contributed by atoms with Crippen LogP contribution in [-0.4, -0.2) is 40.7 Å². The Morgan fingerprint density at radius 2 is 1.95 bits per heavy atom. The van der Waals surface area contributed by atoms with Gasteiger partial charge in [0.05, 0.1) is 0 Å². The molecule has 0 aromatic heterocycles. The van der Waals surface area contributed by atoms with Gasteiger partial charge in [-0.05, 0) is 25.2 Å². The number of hydrogen-bond acceptors (Lipinski definition) is 4. The van der Waals surface area contributed by atoms with E-state index in [2.05, 4.69) is 9.47 Å². The summed E-state index contributed by atoms with van der Waals surface area (Å²) in [4.78, 5) is 11.2. The molecule has 2 saturated carbocycles. The molecular formula is C12H13F5O4. The van der Waals surface area contributed by atoms with E-state index in [0.29, 0.717) is 6.42 Å². The van der Waals surface area contributed by atoms with Gasteiger partial charge in [0.25, 0.3) is 0 Å². The number of aliphatic hydroxyl groups is 1. The summed E-state index contributed by atoms with van der Waals surface area (Å²) in [6.07, 6.45) is -6.54. The molecule has 3 aliphatic rings. The van der Waals surface area contributed by atoms with E-state index in [9.17, 15) is 31.9 Å². The molecule has 1 heterocycles. The van der Waals surface area contributed by atoms with Gasteiger partial charge in [0, 0.05) is 12.8 Å². The fraction of sp³-hybridized carbons (Fsp3) is 0.917. The number of carbonyl (C=O) groups excluding carboxylic acids is 1. The first kappa shape index (κ1) is 15.0. The van der Waals surface area contributed by atoms with Gasteiger partial charge in [-0.1, -0.05) is 0 Å². The number of esters is 1. The van der Waals surface area contributed by atoms with Crippen molar-refractivity contribution in [3.05, 3.63) is 0 Å². The molecule has 4 nitrogen and oxygen atoms in total. The number of ether oxygens (including phenoxy) is 2. The van der Waals surface area contributed by atoms with Crippen LogP contribution in [0.25, 0.3) is 0 Å². The highest BCUT2D eigenvalue weighted by Gasteiger charge is 2.91. The first-order valence-corrected chi connectivity index (χ1v) is 6.51. The first-order chi connectivity index (χ1) is 9.47. The maximum absolute atomic E-state index is 14.5. The van der Waals surface area contributed by atoms with E-state index < -0.39 is 47.4 Å². The highest BCUT2D eigenvalue weighted by molar-refractivity contribution is 5.67. The Labute approximate surface area is 116 Å². The third-order valence-corrected chi connectivity index (χ3v) is 4.84. The van der Waals surface area contributed by atoms with Gasteiger partial charge in [-0.2, -0.15) is 22.0 Å². The molecule has 3 rings (SSSR count). The van der Waals surface area contributed by atoms with Crippen LogP contribution in [0.5, 0.6) is 0 Å². The van der Waals surface area contributed by atoms with E-state index in [1.807, 2.05) is 0 Å². The number of halogens is 5. The van der Waals surface area contributed by atoms with E-state index in [-0.39, 0.29) is 12.8 Å². The van der Waals surface area contributed by atoms with Crippen molar-refractivity contribution in [2.75, 3.05) is 0 Å². The molecule has 2 aliphatic carbocycles. The Balaban J connectivity index is 2.15. The molecular weight excluding hydrogens is 303 g/mol. The zero-order valence-corrected chi connectivity index (χ0v) is 10.9. The average Bonchev–Trinajstić information content (AvgIpc) is 2.92. The first-order valence-electron chi connectivity index (χ1n) is 6.51. The van der Waals surface area contributed by atoms with Gasteiger partial charge in [0.1, 0.15) is 6.10 Å². The Morgan fingerprint density at radius 1 is 1.33 bits per heavy atom. The second kappa shape index (κ2) is 3.87. The smallest absolute Gasteiger partial charge is 0.449 e. The van der Waals surface area contributed by atoms with Crippen molar-refractivity contribution in [1.82, 2.24) is 0 Å². The lowest BCUT2D eigenvalue weighted by atomic mass is 9.76. The van der Waals surface area contributed by atoms with Gasteiger partial charge < -0.3 is 14.6 Å². The van der Waals surface area contributed by atoms with Gasteiger partial charge in [-0.15, -0.1) is 0 Å². The van der Waals surface area contributed by atoms with Crippen LogP contribution < -0.4 is 0 Å². The summed E-state index contributed by atoms with van der Waals surface area (Å²) < 4.78 is 77.0. The monoisotopic (exact) mass is 316 g/mol. The van der Waals surface area contributed by atoms with Crippen molar-refractivity contribution in [3.63, 3.8) is 0 Å². The van der Waals surface area contributed by atoms with Crippen LogP contribution in [-0.2, 0) is 14.3 Å². The van der Waals surface area contributed by atoms with Crippen molar-refractivity contribution in [1.29, 1.82) is 0 Å². The van der Waals surface area contributed by atoms with Crippen molar-refractivity contribution >= 4 is 5.97 Å². The molecule has 120 valence electrons. The molecule has 5 atom stereocenters. The molecule has 9 heteroatoms. The predicted molar refractivity (Wildman–Crippen MR) is 56.2 cm³/mol. The molecule has 1 aliphatic heterocycles. The number of alkyl halides is 5. The molecule has 1 N–H and O–H groups in total. The zero-order chi connectivity index (χ0) is 15.8. The van der Waals surface area contributed by atoms with Crippen LogP contribution >= 0.6 is 0 Å². The third-order valence-electron chi connectivity index (χ3n) is 4.84.